The molecule has 0 spiro atoms. The minimum Gasteiger partial charge on any atom is -0.507 e. The summed E-state index contributed by atoms with van der Waals surface area (Å²) in [6.45, 7) is 1.86. The van der Waals surface area contributed by atoms with E-state index in [1.54, 1.807) is 30.0 Å². The van der Waals surface area contributed by atoms with Crippen LogP contribution in [-0.2, 0) is 6.18 Å². The summed E-state index contributed by atoms with van der Waals surface area (Å²) in [5.74, 6) is -0.673. The molecule has 0 aliphatic rings. The second kappa shape index (κ2) is 9.83. The molecule has 0 amide bonds. The van der Waals surface area contributed by atoms with Crippen LogP contribution in [0.4, 0.5) is 13.2 Å². The lowest BCUT2D eigenvalue weighted by molar-refractivity contribution is -0.137. The monoisotopic (exact) mass is 532 g/mol. The number of phenols is 1. The number of nitrogens with zero attached hydrogens (tertiary/aromatic N) is 2. The van der Waals surface area contributed by atoms with Gasteiger partial charge in [0.25, 0.3) is 0 Å². The number of hydrogen-bond donors (Lipinski definition) is 2. The molecular formula is C30H23F3N2O4. The molecule has 2 N–H and O–H groups in total. The van der Waals surface area contributed by atoms with Crippen molar-refractivity contribution in [2.45, 2.75) is 19.1 Å². The van der Waals surface area contributed by atoms with Crippen molar-refractivity contribution in [3.05, 3.63) is 102 Å². The summed E-state index contributed by atoms with van der Waals surface area (Å²) in [5.41, 5.74) is 1.45. The number of carbonyl (C=O) groups is 1. The maximum atomic E-state index is 13.4. The third kappa shape index (κ3) is 5.03. The minimum absolute atomic E-state index is 0.0521. The fourth-order valence-electron chi connectivity index (χ4n) is 4.51. The number of aromatic carboxylic acids is 1. The average molecular weight is 533 g/mol. The van der Waals surface area contributed by atoms with Gasteiger partial charge in [0.05, 0.1) is 35.7 Å². The number of aromatic hydroxyl groups is 1. The highest BCUT2D eigenvalue weighted by molar-refractivity contribution is 5.89. The number of aromatic nitrogens is 2. The molecule has 1 aromatic heterocycles. The maximum Gasteiger partial charge on any atom is 0.416 e. The number of benzene rings is 4. The maximum absolute atomic E-state index is 13.4. The van der Waals surface area contributed by atoms with E-state index in [1.807, 2.05) is 43.3 Å². The van der Waals surface area contributed by atoms with Gasteiger partial charge in [-0.15, -0.1) is 0 Å². The number of carboxylic acid groups (broad SMARTS) is 1. The molecule has 4 aromatic carbocycles. The van der Waals surface area contributed by atoms with E-state index in [9.17, 15) is 28.2 Å². The molecule has 9 heteroatoms. The Bertz CT molecular complexity index is 1690. The lowest BCUT2D eigenvalue weighted by Crippen LogP contribution is -2.11. The number of carboxylic acids is 1. The fourth-order valence-corrected chi connectivity index (χ4v) is 4.51. The molecule has 1 heterocycles. The van der Waals surface area contributed by atoms with Gasteiger partial charge in [0, 0.05) is 11.1 Å². The summed E-state index contributed by atoms with van der Waals surface area (Å²) < 4.78 is 47.3. The molecule has 0 unspecified atom stereocenters. The topological polar surface area (TPSA) is 84.6 Å². The van der Waals surface area contributed by atoms with Crippen LogP contribution < -0.4 is 4.74 Å². The van der Waals surface area contributed by atoms with Gasteiger partial charge in [0.2, 0.25) is 0 Å². The predicted octanol–water partition coefficient (Wildman–Crippen LogP) is 7.41. The molecule has 0 aliphatic carbocycles. The number of methoxy groups -OCH3 is 1. The van der Waals surface area contributed by atoms with E-state index in [2.05, 4.69) is 5.10 Å². The van der Waals surface area contributed by atoms with Gasteiger partial charge in [0.1, 0.15) is 11.5 Å². The zero-order valence-electron chi connectivity index (χ0n) is 20.9. The van der Waals surface area contributed by atoms with Gasteiger partial charge in [-0.2, -0.15) is 18.3 Å². The SMILES string of the molecule is COc1ccc2cc(-c3cc(-c4cc(C(F)(F)F)ccc4O)nn3[C@@H](C)c3ccc(C(=O)O)cc3)ccc2c1. The molecule has 0 saturated heterocycles. The standard InChI is InChI=1S/C30H23F3N2O4/c1-17(18-3-5-19(6-4-18)29(37)38)35-27(22-8-7-21-14-24(39-2)11-9-20(21)13-22)16-26(34-35)25-15-23(30(31,32)33)10-12-28(25)36/h3-17,36H,1-2H3,(H,37,38)/t17-/m0/s1. The number of ether oxygens (including phenoxy) is 1. The van der Waals surface area contributed by atoms with Crippen molar-refractivity contribution >= 4 is 16.7 Å². The Balaban J connectivity index is 1.67. The van der Waals surface area contributed by atoms with Crippen LogP contribution in [0, 0.1) is 0 Å². The summed E-state index contributed by atoms with van der Waals surface area (Å²) >= 11 is 0. The zero-order chi connectivity index (χ0) is 27.9. The van der Waals surface area contributed by atoms with Crippen LogP contribution in [0.15, 0.2) is 84.9 Å². The number of hydrogen-bond acceptors (Lipinski definition) is 4. The Morgan fingerprint density at radius 2 is 1.62 bits per heavy atom. The number of halogens is 3. The van der Waals surface area contributed by atoms with E-state index in [0.717, 1.165) is 40.1 Å². The van der Waals surface area contributed by atoms with Crippen molar-refractivity contribution in [3.8, 4) is 34.0 Å². The van der Waals surface area contributed by atoms with Crippen LogP contribution in [0.3, 0.4) is 0 Å². The molecule has 6 nitrogen and oxygen atoms in total. The van der Waals surface area contributed by atoms with Crippen LogP contribution in [0.5, 0.6) is 11.5 Å². The van der Waals surface area contributed by atoms with Crippen molar-refractivity contribution in [3.63, 3.8) is 0 Å². The second-order valence-corrected chi connectivity index (χ2v) is 9.12. The second-order valence-electron chi connectivity index (χ2n) is 9.12. The average Bonchev–Trinajstić information content (AvgIpc) is 3.37. The van der Waals surface area contributed by atoms with Gasteiger partial charge < -0.3 is 14.9 Å². The van der Waals surface area contributed by atoms with Gasteiger partial charge in [-0.05, 0) is 77.9 Å². The summed E-state index contributed by atoms with van der Waals surface area (Å²) in [6.07, 6.45) is -4.59. The Kier molecular flexibility index (Phi) is 6.51. The molecule has 0 saturated carbocycles. The largest absolute Gasteiger partial charge is 0.507 e. The highest BCUT2D eigenvalue weighted by atomic mass is 19.4. The predicted molar refractivity (Wildman–Crippen MR) is 141 cm³/mol. The highest BCUT2D eigenvalue weighted by Crippen LogP contribution is 2.39. The molecule has 198 valence electrons. The van der Waals surface area contributed by atoms with Gasteiger partial charge in [0.15, 0.2) is 0 Å². The number of alkyl halides is 3. The highest BCUT2D eigenvalue weighted by Gasteiger charge is 2.31. The normalized spacial score (nSPS) is 12.4. The molecule has 0 aliphatic heterocycles. The Hall–Kier alpha value is -4.79. The van der Waals surface area contributed by atoms with E-state index in [4.69, 9.17) is 4.74 Å². The first-order valence-electron chi connectivity index (χ1n) is 12.0. The van der Waals surface area contributed by atoms with Gasteiger partial charge in [-0.25, -0.2) is 4.79 Å². The van der Waals surface area contributed by atoms with Crippen LogP contribution >= 0.6 is 0 Å². The number of fused-ring (bicyclic) bond motifs is 1. The van der Waals surface area contributed by atoms with E-state index in [0.29, 0.717) is 11.4 Å². The summed E-state index contributed by atoms with van der Waals surface area (Å²) in [4.78, 5) is 11.3. The summed E-state index contributed by atoms with van der Waals surface area (Å²) in [5, 5.41) is 26.2. The first kappa shape index (κ1) is 25.8. The van der Waals surface area contributed by atoms with E-state index >= 15 is 0 Å². The van der Waals surface area contributed by atoms with Crippen molar-refractivity contribution in [1.29, 1.82) is 0 Å². The quantitative estimate of drug-likeness (QED) is 0.238. The molecule has 1 atom stereocenters. The van der Waals surface area contributed by atoms with Crippen molar-refractivity contribution in [2.75, 3.05) is 7.11 Å². The Labute approximate surface area is 221 Å². The molecular weight excluding hydrogens is 509 g/mol. The molecule has 0 fully saturated rings. The summed E-state index contributed by atoms with van der Waals surface area (Å²) in [6, 6.07) is 21.6. The molecule has 0 bridgehead atoms. The molecule has 0 radical (unpaired) electrons. The van der Waals surface area contributed by atoms with Crippen molar-refractivity contribution < 1.29 is 32.9 Å². The van der Waals surface area contributed by atoms with Crippen molar-refractivity contribution in [1.82, 2.24) is 9.78 Å². The first-order valence-corrected chi connectivity index (χ1v) is 12.0. The first-order chi connectivity index (χ1) is 18.5. The van der Waals surface area contributed by atoms with Gasteiger partial charge in [-0.1, -0.05) is 30.3 Å². The lowest BCUT2D eigenvalue weighted by Gasteiger charge is -2.17. The lowest BCUT2D eigenvalue weighted by atomic mass is 10.0. The summed E-state index contributed by atoms with van der Waals surface area (Å²) in [7, 11) is 1.59. The molecule has 5 rings (SSSR count). The van der Waals surface area contributed by atoms with Crippen LogP contribution in [0.25, 0.3) is 33.3 Å². The Morgan fingerprint density at radius 3 is 2.28 bits per heavy atom. The molecule has 39 heavy (non-hydrogen) atoms. The van der Waals surface area contributed by atoms with Gasteiger partial charge in [-0.3, -0.25) is 4.68 Å². The number of phenolic OH excluding ortho intramolecular Hbond substituents is 1. The Morgan fingerprint density at radius 1 is 0.923 bits per heavy atom. The third-order valence-corrected chi connectivity index (χ3v) is 6.69. The minimum atomic E-state index is -4.59. The number of rotatable bonds is 6. The van der Waals surface area contributed by atoms with Crippen LogP contribution in [-0.4, -0.2) is 33.1 Å². The van der Waals surface area contributed by atoms with E-state index in [-0.39, 0.29) is 22.6 Å². The van der Waals surface area contributed by atoms with Crippen LogP contribution in [0.2, 0.25) is 0 Å². The molecule has 5 aromatic rings. The van der Waals surface area contributed by atoms with Crippen molar-refractivity contribution in [2.24, 2.45) is 0 Å². The third-order valence-electron chi connectivity index (χ3n) is 6.69. The smallest absolute Gasteiger partial charge is 0.416 e. The van der Waals surface area contributed by atoms with Gasteiger partial charge >= 0.3 is 12.1 Å². The zero-order valence-corrected chi connectivity index (χ0v) is 20.9. The fraction of sp³-hybridized carbons (Fsp3) is 0.133. The van der Waals surface area contributed by atoms with E-state index in [1.165, 1.54) is 12.1 Å². The van der Waals surface area contributed by atoms with E-state index < -0.39 is 23.8 Å². The van der Waals surface area contributed by atoms with Crippen LogP contribution in [0.1, 0.15) is 34.5 Å².